The molecule has 0 spiro atoms. The fraction of sp³-hybridized carbons (Fsp3) is 0.476. The van der Waals surface area contributed by atoms with Gasteiger partial charge in [0.05, 0.1) is 0 Å². The van der Waals surface area contributed by atoms with E-state index in [1.165, 1.54) is 31.8 Å². The van der Waals surface area contributed by atoms with Crippen molar-refractivity contribution in [3.8, 4) is 5.75 Å². The predicted molar refractivity (Wildman–Crippen MR) is 101 cm³/mol. The highest BCUT2D eigenvalue weighted by Gasteiger charge is 2.24. The van der Waals surface area contributed by atoms with Crippen LogP contribution >= 0.6 is 0 Å². The number of esters is 1. The van der Waals surface area contributed by atoms with Crippen LogP contribution in [0.3, 0.4) is 0 Å². The molecule has 0 aromatic heterocycles. The standard InChI is InChI=1S/C21H26N2O4/c1-16(24)27-19-9-5-8-18(15-19)21(26)23-12-10-22(11-13-23)20(25)14-17-6-3-2-4-7-17/h5,8-9,14-15H,2-4,6-7,10-13H2,1H3. The molecule has 1 aliphatic heterocycles. The van der Waals surface area contributed by atoms with E-state index in [1.54, 1.807) is 35.2 Å². The van der Waals surface area contributed by atoms with Gasteiger partial charge in [-0.2, -0.15) is 0 Å². The van der Waals surface area contributed by atoms with Crippen molar-refractivity contribution in [3.05, 3.63) is 41.5 Å². The number of benzene rings is 1. The molecule has 27 heavy (non-hydrogen) atoms. The molecule has 0 radical (unpaired) electrons. The molecule has 0 bridgehead atoms. The van der Waals surface area contributed by atoms with Crippen LogP contribution in [0.4, 0.5) is 0 Å². The van der Waals surface area contributed by atoms with E-state index in [2.05, 4.69) is 0 Å². The molecule has 2 aliphatic rings. The Labute approximate surface area is 159 Å². The second-order valence-electron chi connectivity index (χ2n) is 7.10. The lowest BCUT2D eigenvalue weighted by Gasteiger charge is -2.34. The maximum atomic E-state index is 12.7. The van der Waals surface area contributed by atoms with Crippen LogP contribution in [0.2, 0.25) is 0 Å². The van der Waals surface area contributed by atoms with Crippen LogP contribution in [-0.4, -0.2) is 53.8 Å². The lowest BCUT2D eigenvalue weighted by atomic mass is 9.94. The maximum Gasteiger partial charge on any atom is 0.308 e. The molecular weight excluding hydrogens is 344 g/mol. The van der Waals surface area contributed by atoms with Gasteiger partial charge in [-0.3, -0.25) is 14.4 Å². The number of rotatable bonds is 3. The second-order valence-corrected chi connectivity index (χ2v) is 7.10. The highest BCUT2D eigenvalue weighted by atomic mass is 16.5. The van der Waals surface area contributed by atoms with E-state index in [1.807, 2.05) is 4.90 Å². The Hall–Kier alpha value is -2.63. The van der Waals surface area contributed by atoms with Crippen LogP contribution in [-0.2, 0) is 9.59 Å². The van der Waals surface area contributed by atoms with Crippen LogP contribution in [0.25, 0.3) is 0 Å². The number of allylic oxidation sites excluding steroid dienone is 1. The summed E-state index contributed by atoms with van der Waals surface area (Å²) in [7, 11) is 0. The summed E-state index contributed by atoms with van der Waals surface area (Å²) >= 11 is 0. The number of nitrogens with zero attached hydrogens (tertiary/aromatic N) is 2. The molecular formula is C21H26N2O4. The summed E-state index contributed by atoms with van der Waals surface area (Å²) in [5.41, 5.74) is 1.74. The molecule has 1 saturated carbocycles. The zero-order valence-corrected chi connectivity index (χ0v) is 15.8. The molecule has 1 aliphatic carbocycles. The Morgan fingerprint density at radius 1 is 0.963 bits per heavy atom. The minimum atomic E-state index is -0.418. The first-order chi connectivity index (χ1) is 13.0. The third kappa shape index (κ3) is 5.18. The number of carbonyl (C=O) groups excluding carboxylic acids is 3. The van der Waals surface area contributed by atoms with E-state index < -0.39 is 5.97 Å². The van der Waals surface area contributed by atoms with Crippen LogP contribution in [0.5, 0.6) is 5.75 Å². The maximum absolute atomic E-state index is 12.7. The summed E-state index contributed by atoms with van der Waals surface area (Å²) < 4.78 is 5.04. The van der Waals surface area contributed by atoms with Gasteiger partial charge in [0.2, 0.25) is 5.91 Å². The Bertz CT molecular complexity index is 740. The molecule has 1 heterocycles. The van der Waals surface area contributed by atoms with E-state index >= 15 is 0 Å². The second kappa shape index (κ2) is 8.84. The van der Waals surface area contributed by atoms with Gasteiger partial charge in [-0.1, -0.05) is 18.1 Å². The van der Waals surface area contributed by atoms with Crippen LogP contribution < -0.4 is 4.74 Å². The number of piperazine rings is 1. The summed E-state index contributed by atoms with van der Waals surface area (Å²) in [4.78, 5) is 39.8. The van der Waals surface area contributed by atoms with Gasteiger partial charge in [-0.05, 0) is 43.9 Å². The molecule has 1 saturated heterocycles. The van der Waals surface area contributed by atoms with E-state index in [9.17, 15) is 14.4 Å². The average molecular weight is 370 g/mol. The molecule has 0 unspecified atom stereocenters. The van der Waals surface area contributed by atoms with Gasteiger partial charge in [0.15, 0.2) is 0 Å². The summed E-state index contributed by atoms with van der Waals surface area (Å²) in [5, 5.41) is 0. The number of amides is 2. The van der Waals surface area contributed by atoms with E-state index in [0.29, 0.717) is 37.5 Å². The van der Waals surface area contributed by atoms with Crippen LogP contribution in [0.15, 0.2) is 35.9 Å². The molecule has 0 N–H and O–H groups in total. The first-order valence-corrected chi connectivity index (χ1v) is 9.59. The number of carbonyl (C=O) groups is 3. The van der Waals surface area contributed by atoms with Gasteiger partial charge >= 0.3 is 5.97 Å². The van der Waals surface area contributed by atoms with Crippen molar-refractivity contribution in [2.45, 2.75) is 39.0 Å². The Kier molecular flexibility index (Phi) is 6.27. The van der Waals surface area contributed by atoms with E-state index in [4.69, 9.17) is 4.74 Å². The quantitative estimate of drug-likeness (QED) is 0.466. The Morgan fingerprint density at radius 3 is 2.30 bits per heavy atom. The Morgan fingerprint density at radius 2 is 1.63 bits per heavy atom. The zero-order valence-electron chi connectivity index (χ0n) is 15.8. The molecule has 6 nitrogen and oxygen atoms in total. The third-order valence-electron chi connectivity index (χ3n) is 5.04. The van der Waals surface area contributed by atoms with Crippen LogP contribution in [0, 0.1) is 0 Å². The predicted octanol–water partition coefficient (Wildman–Crippen LogP) is 2.79. The highest BCUT2D eigenvalue weighted by molar-refractivity contribution is 5.95. The van der Waals surface area contributed by atoms with Crippen molar-refractivity contribution in [2.24, 2.45) is 0 Å². The highest BCUT2D eigenvalue weighted by Crippen LogP contribution is 2.23. The first kappa shape index (κ1) is 19.1. The van der Waals surface area contributed by atoms with Gasteiger partial charge in [0, 0.05) is 44.7 Å². The van der Waals surface area contributed by atoms with Gasteiger partial charge in [0.1, 0.15) is 5.75 Å². The smallest absolute Gasteiger partial charge is 0.308 e. The van der Waals surface area contributed by atoms with E-state index in [0.717, 1.165) is 12.8 Å². The fourth-order valence-corrected chi connectivity index (χ4v) is 3.59. The Balaban J connectivity index is 1.56. The summed E-state index contributed by atoms with van der Waals surface area (Å²) in [5.74, 6) is -0.0994. The van der Waals surface area contributed by atoms with Crippen molar-refractivity contribution < 1.29 is 19.1 Å². The molecule has 144 valence electrons. The summed E-state index contributed by atoms with van der Waals surface area (Å²) in [6, 6.07) is 6.63. The monoisotopic (exact) mass is 370 g/mol. The molecule has 2 fully saturated rings. The molecule has 1 aromatic carbocycles. The number of hydrogen-bond acceptors (Lipinski definition) is 4. The van der Waals surface area contributed by atoms with Crippen molar-refractivity contribution >= 4 is 17.8 Å². The van der Waals surface area contributed by atoms with Gasteiger partial charge in [-0.25, -0.2) is 0 Å². The van der Waals surface area contributed by atoms with E-state index in [-0.39, 0.29) is 11.8 Å². The molecule has 2 amide bonds. The molecule has 0 atom stereocenters. The van der Waals surface area contributed by atoms with Crippen LogP contribution in [0.1, 0.15) is 49.4 Å². The molecule has 1 aromatic rings. The minimum Gasteiger partial charge on any atom is -0.427 e. The lowest BCUT2D eigenvalue weighted by Crippen LogP contribution is -2.50. The van der Waals surface area contributed by atoms with Gasteiger partial charge in [0.25, 0.3) is 5.91 Å². The number of ether oxygens (including phenoxy) is 1. The minimum absolute atomic E-state index is 0.0656. The molecule has 6 heteroatoms. The zero-order chi connectivity index (χ0) is 19.2. The average Bonchev–Trinajstić information content (AvgIpc) is 2.68. The SMILES string of the molecule is CC(=O)Oc1cccc(C(=O)N2CCN(C(=O)C=C3CCCCC3)CC2)c1. The summed E-state index contributed by atoms with van der Waals surface area (Å²) in [6.07, 6.45) is 7.47. The fourth-order valence-electron chi connectivity index (χ4n) is 3.59. The van der Waals surface area contributed by atoms with Crippen molar-refractivity contribution in [2.75, 3.05) is 26.2 Å². The third-order valence-corrected chi connectivity index (χ3v) is 5.04. The normalized spacial score (nSPS) is 17.4. The van der Waals surface area contributed by atoms with Crippen molar-refractivity contribution in [1.82, 2.24) is 9.80 Å². The van der Waals surface area contributed by atoms with Crippen molar-refractivity contribution in [1.29, 1.82) is 0 Å². The van der Waals surface area contributed by atoms with Crippen molar-refractivity contribution in [3.63, 3.8) is 0 Å². The first-order valence-electron chi connectivity index (χ1n) is 9.59. The topological polar surface area (TPSA) is 66.9 Å². The van der Waals surface area contributed by atoms with Gasteiger partial charge in [-0.15, -0.1) is 0 Å². The number of hydrogen-bond donors (Lipinski definition) is 0. The lowest BCUT2D eigenvalue weighted by molar-refractivity contribution is -0.132. The van der Waals surface area contributed by atoms with Gasteiger partial charge < -0.3 is 14.5 Å². The molecule has 3 rings (SSSR count). The summed E-state index contributed by atoms with van der Waals surface area (Å²) in [6.45, 7) is 3.42. The largest absolute Gasteiger partial charge is 0.427 e.